The fraction of sp³-hybridized carbons (Fsp3) is 0.909. The molecule has 0 aromatic rings. The molecular weight excluding hydrogens is 206 g/mol. The molecule has 0 atom stereocenters. The topological polar surface area (TPSA) is 55.8 Å². The van der Waals surface area contributed by atoms with Crippen molar-refractivity contribution in [3.8, 4) is 0 Å². The van der Waals surface area contributed by atoms with Gasteiger partial charge in [-0.3, -0.25) is 14.6 Å². The van der Waals surface area contributed by atoms with Crippen LogP contribution in [0.2, 0.25) is 0 Å². The monoisotopic (exact) mass is 229 g/mol. The third kappa shape index (κ3) is 4.47. The highest BCUT2D eigenvalue weighted by molar-refractivity contribution is 5.77. The van der Waals surface area contributed by atoms with Crippen molar-refractivity contribution < 1.29 is 9.90 Å². The van der Waals surface area contributed by atoms with E-state index >= 15 is 0 Å². The Bertz CT molecular complexity index is 213. The van der Waals surface area contributed by atoms with Gasteiger partial charge in [0.05, 0.1) is 13.3 Å². The summed E-state index contributed by atoms with van der Waals surface area (Å²) in [5.74, 6) is 0.161. The SMILES string of the molecule is CC(C)C(=O)NCN1CCN(CCO)CC1. The Kier molecular flexibility index (Phi) is 5.73. The quantitative estimate of drug-likeness (QED) is 0.656. The number of β-amino-alcohol motifs (C(OH)–C–C–N with tert-alkyl or cyclic N) is 1. The number of piperazine rings is 1. The lowest BCUT2D eigenvalue weighted by Gasteiger charge is -2.34. The van der Waals surface area contributed by atoms with Crippen molar-refractivity contribution >= 4 is 5.91 Å². The second kappa shape index (κ2) is 6.83. The number of carbonyl (C=O) groups is 1. The minimum atomic E-state index is 0.0516. The van der Waals surface area contributed by atoms with E-state index in [-0.39, 0.29) is 18.4 Å². The smallest absolute Gasteiger partial charge is 0.223 e. The van der Waals surface area contributed by atoms with Crippen molar-refractivity contribution in [3.05, 3.63) is 0 Å². The largest absolute Gasteiger partial charge is 0.395 e. The fourth-order valence-electron chi connectivity index (χ4n) is 1.71. The molecule has 5 nitrogen and oxygen atoms in total. The molecule has 94 valence electrons. The number of aliphatic hydroxyl groups excluding tert-OH is 1. The molecule has 0 saturated carbocycles. The maximum atomic E-state index is 11.4. The number of nitrogens with one attached hydrogen (secondary N) is 1. The molecule has 0 radical (unpaired) electrons. The van der Waals surface area contributed by atoms with Crippen LogP contribution in [-0.4, -0.2) is 66.8 Å². The van der Waals surface area contributed by atoms with Crippen molar-refractivity contribution in [1.29, 1.82) is 0 Å². The highest BCUT2D eigenvalue weighted by Crippen LogP contribution is 2.00. The molecule has 1 amide bonds. The van der Waals surface area contributed by atoms with Crippen LogP contribution in [0.25, 0.3) is 0 Å². The second-order valence-electron chi connectivity index (χ2n) is 4.54. The molecular formula is C11H23N3O2. The van der Waals surface area contributed by atoms with Crippen LogP contribution in [0.5, 0.6) is 0 Å². The van der Waals surface area contributed by atoms with E-state index in [0.29, 0.717) is 6.67 Å². The Balaban J connectivity index is 2.15. The van der Waals surface area contributed by atoms with E-state index in [9.17, 15) is 4.79 Å². The maximum Gasteiger partial charge on any atom is 0.223 e. The summed E-state index contributed by atoms with van der Waals surface area (Å²) in [6, 6.07) is 0. The number of carbonyl (C=O) groups excluding carboxylic acids is 1. The molecule has 0 unspecified atom stereocenters. The van der Waals surface area contributed by atoms with Gasteiger partial charge in [-0.05, 0) is 0 Å². The lowest BCUT2D eigenvalue weighted by Crippen LogP contribution is -2.50. The number of amides is 1. The molecule has 2 N–H and O–H groups in total. The fourth-order valence-corrected chi connectivity index (χ4v) is 1.71. The molecule has 5 heteroatoms. The van der Waals surface area contributed by atoms with Gasteiger partial charge in [-0.15, -0.1) is 0 Å². The van der Waals surface area contributed by atoms with E-state index in [1.165, 1.54) is 0 Å². The number of aliphatic hydroxyl groups is 1. The standard InChI is InChI=1S/C11H23N3O2/c1-10(2)11(16)12-9-14-5-3-13(4-6-14)7-8-15/h10,15H,3-9H2,1-2H3,(H,12,16). The van der Waals surface area contributed by atoms with Crippen LogP contribution >= 0.6 is 0 Å². The first-order chi connectivity index (χ1) is 7.63. The zero-order valence-corrected chi connectivity index (χ0v) is 10.3. The van der Waals surface area contributed by atoms with Gasteiger partial charge in [-0.25, -0.2) is 0 Å². The lowest BCUT2D eigenvalue weighted by molar-refractivity contribution is -0.124. The minimum Gasteiger partial charge on any atom is -0.395 e. The summed E-state index contributed by atoms with van der Waals surface area (Å²) < 4.78 is 0. The predicted octanol–water partition coefficient (Wildman–Crippen LogP) is -0.674. The van der Waals surface area contributed by atoms with Crippen molar-refractivity contribution in [2.45, 2.75) is 13.8 Å². The van der Waals surface area contributed by atoms with Crippen LogP contribution < -0.4 is 5.32 Å². The maximum absolute atomic E-state index is 11.4. The Hall–Kier alpha value is -0.650. The van der Waals surface area contributed by atoms with Crippen LogP contribution in [0.15, 0.2) is 0 Å². The summed E-state index contributed by atoms with van der Waals surface area (Å²) in [6.07, 6.45) is 0. The molecule has 1 aliphatic heterocycles. The molecule has 0 aliphatic carbocycles. The third-order valence-corrected chi connectivity index (χ3v) is 2.88. The van der Waals surface area contributed by atoms with Crippen LogP contribution in [0.3, 0.4) is 0 Å². The Morgan fingerprint density at radius 2 is 1.81 bits per heavy atom. The molecule has 0 bridgehead atoms. The number of hydrogen-bond donors (Lipinski definition) is 2. The molecule has 1 rings (SSSR count). The van der Waals surface area contributed by atoms with E-state index in [1.807, 2.05) is 13.8 Å². The first kappa shape index (κ1) is 13.4. The summed E-state index contributed by atoms with van der Waals surface area (Å²) >= 11 is 0. The predicted molar refractivity (Wildman–Crippen MR) is 62.9 cm³/mol. The molecule has 0 aromatic heterocycles. The molecule has 0 aromatic carbocycles. The van der Waals surface area contributed by atoms with E-state index < -0.39 is 0 Å². The summed E-state index contributed by atoms with van der Waals surface area (Å²) in [7, 11) is 0. The average molecular weight is 229 g/mol. The molecule has 0 spiro atoms. The van der Waals surface area contributed by atoms with Gasteiger partial charge in [0, 0.05) is 38.6 Å². The average Bonchev–Trinajstić information content (AvgIpc) is 2.28. The Morgan fingerprint density at radius 1 is 1.25 bits per heavy atom. The zero-order chi connectivity index (χ0) is 12.0. The van der Waals surface area contributed by atoms with Crippen LogP contribution in [0, 0.1) is 5.92 Å². The first-order valence-electron chi connectivity index (χ1n) is 5.96. The van der Waals surface area contributed by atoms with Gasteiger partial charge in [0.2, 0.25) is 5.91 Å². The van der Waals surface area contributed by atoms with Gasteiger partial charge >= 0.3 is 0 Å². The zero-order valence-electron chi connectivity index (χ0n) is 10.3. The van der Waals surface area contributed by atoms with Crippen LogP contribution in [0.4, 0.5) is 0 Å². The molecule has 1 heterocycles. The van der Waals surface area contributed by atoms with Gasteiger partial charge in [0.15, 0.2) is 0 Å². The molecule has 1 saturated heterocycles. The highest BCUT2D eigenvalue weighted by Gasteiger charge is 2.16. The normalized spacial score (nSPS) is 19.0. The summed E-state index contributed by atoms with van der Waals surface area (Å²) in [6.45, 7) is 9.27. The van der Waals surface area contributed by atoms with Crippen molar-refractivity contribution in [2.24, 2.45) is 5.92 Å². The third-order valence-electron chi connectivity index (χ3n) is 2.88. The lowest BCUT2D eigenvalue weighted by atomic mass is 10.2. The van der Waals surface area contributed by atoms with E-state index in [0.717, 1.165) is 32.7 Å². The number of nitrogens with zero attached hydrogens (tertiary/aromatic N) is 2. The summed E-state index contributed by atoms with van der Waals surface area (Å²) in [5.41, 5.74) is 0. The highest BCUT2D eigenvalue weighted by atomic mass is 16.3. The van der Waals surface area contributed by atoms with Crippen molar-refractivity contribution in [3.63, 3.8) is 0 Å². The van der Waals surface area contributed by atoms with Crippen LogP contribution in [-0.2, 0) is 4.79 Å². The second-order valence-corrected chi connectivity index (χ2v) is 4.54. The molecule has 16 heavy (non-hydrogen) atoms. The van der Waals surface area contributed by atoms with E-state index in [1.54, 1.807) is 0 Å². The number of rotatable bonds is 5. The number of hydrogen-bond acceptors (Lipinski definition) is 4. The molecule has 1 aliphatic rings. The first-order valence-corrected chi connectivity index (χ1v) is 5.96. The van der Waals surface area contributed by atoms with Gasteiger partial charge in [-0.2, -0.15) is 0 Å². The van der Waals surface area contributed by atoms with Crippen molar-refractivity contribution in [2.75, 3.05) is 46.0 Å². The molecule has 1 fully saturated rings. The van der Waals surface area contributed by atoms with Gasteiger partial charge < -0.3 is 10.4 Å². The Morgan fingerprint density at radius 3 is 2.31 bits per heavy atom. The summed E-state index contributed by atoms with van der Waals surface area (Å²) in [5, 5.41) is 11.7. The van der Waals surface area contributed by atoms with E-state index in [4.69, 9.17) is 5.11 Å². The van der Waals surface area contributed by atoms with Gasteiger partial charge in [-0.1, -0.05) is 13.8 Å². The minimum absolute atomic E-state index is 0.0516. The van der Waals surface area contributed by atoms with Crippen LogP contribution in [0.1, 0.15) is 13.8 Å². The van der Waals surface area contributed by atoms with E-state index in [2.05, 4.69) is 15.1 Å². The van der Waals surface area contributed by atoms with Gasteiger partial charge in [0.1, 0.15) is 0 Å². The van der Waals surface area contributed by atoms with Gasteiger partial charge in [0.25, 0.3) is 0 Å². The van der Waals surface area contributed by atoms with Crippen molar-refractivity contribution in [1.82, 2.24) is 15.1 Å². The Labute approximate surface area is 97.4 Å². The summed E-state index contributed by atoms with van der Waals surface area (Å²) in [4.78, 5) is 15.8.